The molecule has 6 heteroatoms. The van der Waals surface area contributed by atoms with E-state index in [1.165, 1.54) is 6.26 Å². The van der Waals surface area contributed by atoms with Crippen LogP contribution in [0.3, 0.4) is 0 Å². The Morgan fingerprint density at radius 2 is 1.90 bits per heavy atom. The summed E-state index contributed by atoms with van der Waals surface area (Å²) >= 11 is 0. The van der Waals surface area contributed by atoms with Crippen LogP contribution < -0.4 is 11.3 Å². The smallest absolute Gasteiger partial charge is 0.150 e. The highest BCUT2D eigenvalue weighted by molar-refractivity contribution is 7.91. The zero-order valence-corrected chi connectivity index (χ0v) is 13.8. The lowest BCUT2D eigenvalue weighted by Gasteiger charge is -2.34. The lowest BCUT2D eigenvalue weighted by Crippen LogP contribution is -2.38. The number of nitrogens with one attached hydrogen (secondary N) is 1. The Morgan fingerprint density at radius 1 is 1.29 bits per heavy atom. The van der Waals surface area contributed by atoms with E-state index in [0.717, 1.165) is 36.2 Å². The molecular weight excluding hydrogens is 286 g/mol. The molecule has 5 nitrogen and oxygen atoms in total. The molecule has 21 heavy (non-hydrogen) atoms. The normalized spacial score (nSPS) is 24.8. The number of nitrogens with zero attached hydrogens (tertiary/aromatic N) is 1. The van der Waals surface area contributed by atoms with Gasteiger partial charge < -0.3 is 0 Å². The van der Waals surface area contributed by atoms with Gasteiger partial charge in [-0.15, -0.1) is 0 Å². The van der Waals surface area contributed by atoms with Crippen molar-refractivity contribution in [2.24, 2.45) is 11.8 Å². The molecule has 0 aromatic carbocycles. The number of sulfone groups is 1. The Bertz CT molecular complexity index is 581. The van der Waals surface area contributed by atoms with Crippen molar-refractivity contribution in [1.29, 1.82) is 0 Å². The van der Waals surface area contributed by atoms with Crippen molar-refractivity contribution in [1.82, 2.24) is 10.4 Å². The second-order valence-electron chi connectivity index (χ2n) is 6.21. The van der Waals surface area contributed by atoms with Crippen LogP contribution in [0.1, 0.15) is 48.7 Å². The molecule has 3 unspecified atom stereocenters. The fourth-order valence-corrected chi connectivity index (χ4v) is 4.62. The third kappa shape index (κ3) is 4.02. The molecule has 0 spiro atoms. The van der Waals surface area contributed by atoms with E-state index in [-0.39, 0.29) is 17.2 Å². The van der Waals surface area contributed by atoms with Gasteiger partial charge in [0, 0.05) is 23.7 Å². The summed E-state index contributed by atoms with van der Waals surface area (Å²) in [6.45, 7) is 3.93. The number of hydrogen-bond acceptors (Lipinski definition) is 5. The van der Waals surface area contributed by atoms with Crippen LogP contribution in [0, 0.1) is 19.8 Å². The molecule has 1 aromatic heterocycles. The van der Waals surface area contributed by atoms with Crippen molar-refractivity contribution in [2.45, 2.75) is 50.8 Å². The summed E-state index contributed by atoms with van der Waals surface area (Å²) in [6, 6.07) is 4.04. The molecule has 1 aliphatic rings. The van der Waals surface area contributed by atoms with E-state index in [0.29, 0.717) is 6.42 Å². The SMILES string of the molecule is Cc1cc(C(NN)C2CCCC(S(C)(=O)=O)C2)cc(C)n1. The maximum Gasteiger partial charge on any atom is 0.150 e. The van der Waals surface area contributed by atoms with E-state index in [9.17, 15) is 8.42 Å². The summed E-state index contributed by atoms with van der Waals surface area (Å²) in [5.74, 6) is 6.01. The van der Waals surface area contributed by atoms with Crippen molar-refractivity contribution < 1.29 is 8.42 Å². The van der Waals surface area contributed by atoms with Crippen LogP contribution in [0.4, 0.5) is 0 Å². The Morgan fingerprint density at radius 3 is 2.43 bits per heavy atom. The van der Waals surface area contributed by atoms with Crippen LogP contribution in [0.15, 0.2) is 12.1 Å². The van der Waals surface area contributed by atoms with E-state index in [1.54, 1.807) is 0 Å². The molecule has 1 heterocycles. The quantitative estimate of drug-likeness (QED) is 0.654. The summed E-state index contributed by atoms with van der Waals surface area (Å²) < 4.78 is 23.7. The summed E-state index contributed by atoms with van der Waals surface area (Å²) in [7, 11) is -2.98. The molecule has 0 radical (unpaired) electrons. The fraction of sp³-hybridized carbons (Fsp3) is 0.667. The van der Waals surface area contributed by atoms with Gasteiger partial charge in [-0.25, -0.2) is 8.42 Å². The van der Waals surface area contributed by atoms with Crippen molar-refractivity contribution in [3.05, 3.63) is 29.1 Å². The largest absolute Gasteiger partial charge is 0.271 e. The van der Waals surface area contributed by atoms with Crippen LogP contribution in [0.2, 0.25) is 0 Å². The third-order valence-corrected chi connectivity index (χ3v) is 6.03. The summed E-state index contributed by atoms with van der Waals surface area (Å²) in [4.78, 5) is 4.39. The molecule has 0 saturated heterocycles. The van der Waals surface area contributed by atoms with Crippen LogP contribution >= 0.6 is 0 Å². The van der Waals surface area contributed by atoms with Crippen LogP contribution in [-0.4, -0.2) is 24.9 Å². The molecule has 118 valence electrons. The Labute approximate surface area is 127 Å². The molecule has 1 saturated carbocycles. The number of rotatable bonds is 4. The first-order valence-electron chi connectivity index (χ1n) is 7.41. The highest BCUT2D eigenvalue weighted by atomic mass is 32.2. The van der Waals surface area contributed by atoms with Gasteiger partial charge in [0.1, 0.15) is 9.84 Å². The number of aromatic nitrogens is 1. The topological polar surface area (TPSA) is 85.1 Å². The molecular formula is C15H25N3O2S. The first-order chi connectivity index (χ1) is 9.81. The summed E-state index contributed by atoms with van der Waals surface area (Å²) in [6.07, 6.45) is 4.71. The Kier molecular flexibility index (Phi) is 5.01. The molecule has 1 fully saturated rings. The Balaban J connectivity index is 2.24. The van der Waals surface area contributed by atoms with E-state index >= 15 is 0 Å². The first kappa shape index (κ1) is 16.4. The zero-order chi connectivity index (χ0) is 15.6. The van der Waals surface area contributed by atoms with E-state index < -0.39 is 9.84 Å². The molecule has 0 aliphatic heterocycles. The molecule has 3 atom stereocenters. The number of aryl methyl sites for hydroxylation is 2. The van der Waals surface area contributed by atoms with Gasteiger partial charge in [-0.1, -0.05) is 6.42 Å². The van der Waals surface area contributed by atoms with Crippen molar-refractivity contribution in [2.75, 3.05) is 6.26 Å². The van der Waals surface area contributed by atoms with Crippen LogP contribution in [0.25, 0.3) is 0 Å². The highest BCUT2D eigenvalue weighted by Gasteiger charge is 2.33. The van der Waals surface area contributed by atoms with Crippen molar-refractivity contribution in [3.63, 3.8) is 0 Å². The Hall–Kier alpha value is -0.980. The minimum Gasteiger partial charge on any atom is -0.271 e. The maximum atomic E-state index is 11.8. The van der Waals surface area contributed by atoms with E-state index in [4.69, 9.17) is 5.84 Å². The highest BCUT2D eigenvalue weighted by Crippen LogP contribution is 2.36. The number of hydrazine groups is 1. The van der Waals surface area contributed by atoms with Gasteiger partial charge in [-0.3, -0.25) is 16.3 Å². The van der Waals surface area contributed by atoms with Gasteiger partial charge in [-0.05, 0) is 56.7 Å². The molecule has 2 rings (SSSR count). The molecule has 1 aromatic rings. The standard InChI is InChI=1S/C15H25N3O2S/c1-10-7-13(8-11(2)17-10)15(18-16)12-5-4-6-14(9-12)21(3,19)20/h7-8,12,14-15,18H,4-6,9,16H2,1-3H3. The molecule has 0 bridgehead atoms. The van der Waals surface area contributed by atoms with E-state index in [2.05, 4.69) is 10.4 Å². The lowest BCUT2D eigenvalue weighted by atomic mass is 9.81. The number of hydrogen-bond donors (Lipinski definition) is 2. The van der Waals surface area contributed by atoms with Gasteiger partial charge in [0.25, 0.3) is 0 Å². The van der Waals surface area contributed by atoms with Gasteiger partial charge >= 0.3 is 0 Å². The monoisotopic (exact) mass is 311 g/mol. The van der Waals surface area contributed by atoms with Gasteiger partial charge in [0.2, 0.25) is 0 Å². The molecule has 0 amide bonds. The van der Waals surface area contributed by atoms with E-state index in [1.807, 2.05) is 26.0 Å². The zero-order valence-electron chi connectivity index (χ0n) is 13.0. The average Bonchev–Trinajstić information content (AvgIpc) is 2.38. The van der Waals surface area contributed by atoms with Gasteiger partial charge in [0.15, 0.2) is 0 Å². The lowest BCUT2D eigenvalue weighted by molar-refractivity contribution is 0.274. The predicted molar refractivity (Wildman–Crippen MR) is 84.4 cm³/mol. The minimum absolute atomic E-state index is 0.0186. The van der Waals surface area contributed by atoms with Gasteiger partial charge in [0.05, 0.1) is 5.25 Å². The summed E-state index contributed by atoms with van der Waals surface area (Å²) in [5.41, 5.74) is 5.91. The first-order valence-corrected chi connectivity index (χ1v) is 9.37. The molecule has 1 aliphatic carbocycles. The predicted octanol–water partition coefficient (Wildman–Crippen LogP) is 1.81. The average molecular weight is 311 g/mol. The second-order valence-corrected chi connectivity index (χ2v) is 8.53. The maximum absolute atomic E-state index is 11.8. The summed E-state index contributed by atoms with van der Waals surface area (Å²) in [5, 5.41) is -0.240. The van der Waals surface area contributed by atoms with Crippen LogP contribution in [0.5, 0.6) is 0 Å². The second kappa shape index (κ2) is 6.42. The van der Waals surface area contributed by atoms with Crippen molar-refractivity contribution >= 4 is 9.84 Å². The fourth-order valence-electron chi connectivity index (χ4n) is 3.42. The van der Waals surface area contributed by atoms with Crippen LogP contribution in [-0.2, 0) is 9.84 Å². The molecule has 3 N–H and O–H groups in total. The van der Waals surface area contributed by atoms with Gasteiger partial charge in [-0.2, -0.15) is 0 Å². The number of pyridine rings is 1. The van der Waals surface area contributed by atoms with Crippen molar-refractivity contribution in [3.8, 4) is 0 Å². The number of nitrogens with two attached hydrogens (primary N) is 1. The third-order valence-electron chi connectivity index (χ3n) is 4.39. The minimum atomic E-state index is -2.98.